The molecule has 1 saturated carbocycles. The van der Waals surface area contributed by atoms with Crippen LogP contribution in [0.5, 0.6) is 0 Å². The van der Waals surface area contributed by atoms with Gasteiger partial charge in [0.1, 0.15) is 17.4 Å². The molecule has 11 nitrogen and oxygen atoms in total. The number of fused-ring (bicyclic) bond motifs is 1. The summed E-state index contributed by atoms with van der Waals surface area (Å²) in [5, 5.41) is 11.0. The highest BCUT2D eigenvalue weighted by Crippen LogP contribution is 2.45. The molecule has 8 N–H and O–H groups in total. The minimum Gasteiger partial charge on any atom is -0.474 e. The van der Waals surface area contributed by atoms with Crippen molar-refractivity contribution in [3.63, 3.8) is 0 Å². The summed E-state index contributed by atoms with van der Waals surface area (Å²) in [5.74, 6) is 1.71. The third-order valence-electron chi connectivity index (χ3n) is 9.14. The Kier molecular flexibility index (Phi) is 8.95. The van der Waals surface area contributed by atoms with E-state index in [9.17, 15) is 9.59 Å². The molecule has 5 heterocycles. The van der Waals surface area contributed by atoms with Gasteiger partial charge in [-0.25, -0.2) is 4.72 Å². The van der Waals surface area contributed by atoms with Crippen LogP contribution in [0, 0.1) is 5.92 Å². The van der Waals surface area contributed by atoms with Crippen molar-refractivity contribution in [2.75, 3.05) is 38.6 Å². The van der Waals surface area contributed by atoms with Crippen LogP contribution in [0.25, 0.3) is 0 Å². The monoisotopic (exact) mass is 581 g/mol. The van der Waals surface area contributed by atoms with Crippen molar-refractivity contribution in [2.45, 2.75) is 91.5 Å². The van der Waals surface area contributed by atoms with Gasteiger partial charge in [-0.2, -0.15) is 0 Å². The van der Waals surface area contributed by atoms with Crippen molar-refractivity contribution in [3.8, 4) is 0 Å². The first kappa shape index (κ1) is 28.1. The molecule has 8 unspecified atom stereocenters. The van der Waals surface area contributed by atoms with Gasteiger partial charge in [-0.3, -0.25) is 14.9 Å². The predicted octanol–water partition coefficient (Wildman–Crippen LogP) is -0.771. The van der Waals surface area contributed by atoms with Gasteiger partial charge in [-0.1, -0.05) is 24.8 Å². The van der Waals surface area contributed by atoms with Gasteiger partial charge in [0.2, 0.25) is 5.91 Å². The molecule has 0 bridgehead atoms. The van der Waals surface area contributed by atoms with Crippen molar-refractivity contribution >= 4 is 35.4 Å². The molecule has 5 aliphatic heterocycles. The lowest BCUT2D eigenvalue weighted by molar-refractivity contribution is -0.121. The van der Waals surface area contributed by atoms with Crippen molar-refractivity contribution < 1.29 is 19.1 Å². The molecule has 1 amide bonds. The Bertz CT molecular complexity index is 938. The van der Waals surface area contributed by atoms with Crippen molar-refractivity contribution in [1.82, 2.24) is 25.6 Å². The van der Waals surface area contributed by atoms with Crippen LogP contribution in [-0.4, -0.2) is 108 Å². The lowest BCUT2D eigenvalue weighted by Crippen LogP contribution is -2.66. The number of carbonyl (C=O) groups is 2. The van der Waals surface area contributed by atoms with E-state index in [1.165, 1.54) is 12.8 Å². The van der Waals surface area contributed by atoms with Crippen LogP contribution in [0.3, 0.4) is 0 Å². The summed E-state index contributed by atoms with van der Waals surface area (Å²) in [6.45, 7) is 3.52. The van der Waals surface area contributed by atoms with Crippen LogP contribution in [0.15, 0.2) is 12.0 Å². The second-order valence-corrected chi connectivity index (χ2v) is 14.0. The number of nitrogens with two attached hydrogens (primary N) is 2. The van der Waals surface area contributed by atoms with Crippen molar-refractivity contribution in [1.29, 1.82) is 0 Å². The molecule has 0 aromatic carbocycles. The van der Waals surface area contributed by atoms with Gasteiger partial charge in [-0.15, -0.1) is 11.8 Å². The fourth-order valence-corrected chi connectivity index (χ4v) is 9.86. The number of thioether (sulfide) groups is 1. The molecule has 6 aliphatic rings. The largest absolute Gasteiger partial charge is 0.474 e. The summed E-state index contributed by atoms with van der Waals surface area (Å²) in [6.07, 6.45) is 7.90. The minimum absolute atomic E-state index is 0.0435. The number of nitrogens with one attached hydrogen (secondary N) is 4. The summed E-state index contributed by atoms with van der Waals surface area (Å²) in [4.78, 5) is 27.4. The van der Waals surface area contributed by atoms with Gasteiger partial charge in [0.25, 0.3) is 0 Å². The summed E-state index contributed by atoms with van der Waals surface area (Å²) in [5.41, 5.74) is 12.2. The van der Waals surface area contributed by atoms with Crippen LogP contribution in [-0.2, 0) is 19.1 Å². The highest BCUT2D eigenvalue weighted by molar-refractivity contribution is 8.01. The Balaban J connectivity index is 1.06. The van der Waals surface area contributed by atoms with E-state index in [2.05, 4.69) is 25.6 Å². The van der Waals surface area contributed by atoms with Gasteiger partial charge in [0.15, 0.2) is 11.7 Å². The molecule has 39 heavy (non-hydrogen) atoms. The van der Waals surface area contributed by atoms with E-state index in [1.54, 1.807) is 29.8 Å². The van der Waals surface area contributed by atoms with Crippen molar-refractivity contribution in [2.24, 2.45) is 17.4 Å². The number of rotatable bonds is 7. The number of piperidine rings is 1. The maximum atomic E-state index is 13.0. The lowest BCUT2D eigenvalue weighted by atomic mass is 9.88. The van der Waals surface area contributed by atoms with E-state index >= 15 is 0 Å². The predicted molar refractivity (Wildman–Crippen MR) is 153 cm³/mol. The lowest BCUT2D eigenvalue weighted by Gasteiger charge is -2.41. The minimum atomic E-state index is -0.416. The third kappa shape index (κ3) is 6.25. The van der Waals surface area contributed by atoms with E-state index in [-0.39, 0.29) is 53.3 Å². The Morgan fingerprint density at radius 2 is 1.95 bits per heavy atom. The number of carbonyl (C=O) groups excluding carboxylic acids is 2. The average Bonchev–Trinajstić information content (AvgIpc) is 3.58. The zero-order valence-corrected chi connectivity index (χ0v) is 24.0. The molecular formula is C26H43N7O4S2. The first-order valence-corrected chi connectivity index (χ1v) is 16.5. The molecule has 4 saturated heterocycles. The highest BCUT2D eigenvalue weighted by Gasteiger charge is 2.50. The van der Waals surface area contributed by atoms with E-state index in [0.29, 0.717) is 36.9 Å². The molecule has 10 atom stereocenters. The number of morpholine rings is 1. The standard InChI is InChI=1S/C26H43N7O4S2/c27-16-3-1-2-4-17(16)30-14-9-18(23(26(28)35)29-12-14)31-21-11-20(39-32-21)15-13-38-25-19(34)10-22(37-24(15)25)33-5-7-36-8-6-33/h10,14-18,20-21,23-25,29-32H,1-9,11-13,27H2,(H2,28,35)/t14?,15?,16-,17+,18?,20?,21?,23?,24?,25?/m1/s1. The molecule has 6 rings (SSSR count). The molecule has 0 aromatic rings. The average molecular weight is 582 g/mol. The zero-order valence-electron chi connectivity index (χ0n) is 22.4. The Labute approximate surface area is 239 Å². The summed E-state index contributed by atoms with van der Waals surface area (Å²) >= 11 is 3.45. The van der Waals surface area contributed by atoms with E-state index in [4.69, 9.17) is 20.9 Å². The van der Waals surface area contributed by atoms with Gasteiger partial charge in [-0.05, 0) is 25.7 Å². The summed E-state index contributed by atoms with van der Waals surface area (Å²) in [7, 11) is 0. The first-order chi connectivity index (χ1) is 19.0. The number of primary amides is 1. The Morgan fingerprint density at radius 1 is 1.13 bits per heavy atom. The van der Waals surface area contributed by atoms with Gasteiger partial charge < -0.3 is 36.5 Å². The molecular weight excluding hydrogens is 538 g/mol. The number of ketones is 1. The smallest absolute Gasteiger partial charge is 0.236 e. The van der Waals surface area contributed by atoms with Crippen LogP contribution < -0.4 is 32.1 Å². The van der Waals surface area contributed by atoms with Crippen LogP contribution in [0.2, 0.25) is 0 Å². The maximum Gasteiger partial charge on any atom is 0.236 e. The van der Waals surface area contributed by atoms with Gasteiger partial charge in [0, 0.05) is 66.8 Å². The highest BCUT2D eigenvalue weighted by atomic mass is 32.2. The molecule has 1 aliphatic carbocycles. The van der Waals surface area contributed by atoms with Crippen LogP contribution >= 0.6 is 23.7 Å². The van der Waals surface area contributed by atoms with E-state index in [0.717, 1.165) is 44.5 Å². The molecule has 218 valence electrons. The maximum absolute atomic E-state index is 13.0. The Morgan fingerprint density at radius 3 is 2.74 bits per heavy atom. The number of ether oxygens (including phenoxy) is 2. The van der Waals surface area contributed by atoms with Crippen molar-refractivity contribution in [3.05, 3.63) is 12.0 Å². The van der Waals surface area contributed by atoms with Gasteiger partial charge in [0.05, 0.1) is 19.4 Å². The summed E-state index contributed by atoms with van der Waals surface area (Å²) in [6, 6.07) is 0.244. The molecule has 0 aromatic heterocycles. The topological polar surface area (TPSA) is 156 Å². The molecule has 0 spiro atoms. The molecule has 0 radical (unpaired) electrons. The third-order valence-corrected chi connectivity index (χ3v) is 11.8. The molecule has 5 fully saturated rings. The summed E-state index contributed by atoms with van der Waals surface area (Å²) < 4.78 is 15.6. The normalized spacial score (nSPS) is 43.1. The van der Waals surface area contributed by atoms with Crippen LogP contribution in [0.4, 0.5) is 0 Å². The molecule has 13 heteroatoms. The van der Waals surface area contributed by atoms with E-state index in [1.807, 2.05) is 0 Å². The fraction of sp³-hybridized carbons (Fsp3) is 0.846. The Hall–Kier alpha value is -1.06. The van der Waals surface area contributed by atoms with Gasteiger partial charge >= 0.3 is 0 Å². The SMILES string of the molecule is NC(=O)C1NCC(N[C@H]2CCCC[C@H]2N)CC1NC1CC(C2CSC3C(=O)C=C(N4CCOCC4)OC32)SN1. The first-order valence-electron chi connectivity index (χ1n) is 14.5. The second-order valence-electron chi connectivity index (χ2n) is 11.8. The van der Waals surface area contributed by atoms with Crippen LogP contribution in [0.1, 0.15) is 38.5 Å². The number of hydrogen-bond donors (Lipinski definition) is 6. The fourth-order valence-electron chi connectivity index (χ4n) is 6.99. The number of amides is 1. The van der Waals surface area contributed by atoms with E-state index < -0.39 is 6.04 Å². The number of allylic oxidation sites excluding steroid dienone is 1. The number of nitrogens with zero attached hydrogens (tertiary/aromatic N) is 1. The number of hydrogen-bond acceptors (Lipinski definition) is 12. The second kappa shape index (κ2) is 12.4. The zero-order chi connectivity index (χ0) is 26.9. The quantitative estimate of drug-likeness (QED) is 0.209.